The molecule has 0 fully saturated rings. The Morgan fingerprint density at radius 2 is 2.00 bits per heavy atom. The standard InChI is InChI=1S/C12H22N4O/c1-5-12(6-2,7-13)14-11(17)10-8(3)15-16-9(10)4/h5-7,13H2,1-4H3,(H,14,17)(H,15,16). The molecule has 0 aromatic carbocycles. The van der Waals surface area contributed by atoms with E-state index in [2.05, 4.69) is 15.5 Å². The molecule has 0 aliphatic carbocycles. The number of carbonyl (C=O) groups is 1. The van der Waals surface area contributed by atoms with Gasteiger partial charge < -0.3 is 11.1 Å². The molecule has 1 aromatic heterocycles. The Morgan fingerprint density at radius 1 is 1.41 bits per heavy atom. The van der Waals surface area contributed by atoms with Crippen molar-refractivity contribution in [3.63, 3.8) is 0 Å². The Labute approximate surface area is 102 Å². The molecule has 0 bridgehead atoms. The van der Waals surface area contributed by atoms with Crippen molar-refractivity contribution in [2.75, 3.05) is 6.54 Å². The monoisotopic (exact) mass is 238 g/mol. The predicted octanol–water partition coefficient (Wildman–Crippen LogP) is 1.27. The number of hydrogen-bond acceptors (Lipinski definition) is 3. The molecule has 0 saturated carbocycles. The van der Waals surface area contributed by atoms with Gasteiger partial charge in [-0.25, -0.2) is 0 Å². The van der Waals surface area contributed by atoms with E-state index >= 15 is 0 Å². The van der Waals surface area contributed by atoms with Crippen molar-refractivity contribution in [3.8, 4) is 0 Å². The summed E-state index contributed by atoms with van der Waals surface area (Å²) >= 11 is 0. The molecule has 0 radical (unpaired) electrons. The molecule has 0 aliphatic rings. The van der Waals surface area contributed by atoms with Crippen LogP contribution in [0.5, 0.6) is 0 Å². The normalized spacial score (nSPS) is 11.6. The van der Waals surface area contributed by atoms with E-state index in [1.54, 1.807) is 0 Å². The van der Waals surface area contributed by atoms with Crippen LogP contribution in [0.2, 0.25) is 0 Å². The van der Waals surface area contributed by atoms with Gasteiger partial charge in [-0.05, 0) is 26.7 Å². The summed E-state index contributed by atoms with van der Waals surface area (Å²) in [6, 6.07) is 0. The molecule has 17 heavy (non-hydrogen) atoms. The summed E-state index contributed by atoms with van der Waals surface area (Å²) in [5.41, 5.74) is 7.60. The average molecular weight is 238 g/mol. The molecule has 0 aliphatic heterocycles. The minimum Gasteiger partial charge on any atom is -0.345 e. The lowest BCUT2D eigenvalue weighted by Crippen LogP contribution is -2.53. The fourth-order valence-corrected chi connectivity index (χ4v) is 1.96. The van der Waals surface area contributed by atoms with Crippen LogP contribution in [0.15, 0.2) is 0 Å². The minimum atomic E-state index is -0.312. The molecule has 0 unspecified atom stereocenters. The van der Waals surface area contributed by atoms with Crippen molar-refractivity contribution in [1.82, 2.24) is 15.5 Å². The maximum Gasteiger partial charge on any atom is 0.255 e. The van der Waals surface area contributed by atoms with Crippen molar-refractivity contribution in [2.45, 2.75) is 46.1 Å². The van der Waals surface area contributed by atoms with E-state index in [1.165, 1.54) is 0 Å². The zero-order valence-electron chi connectivity index (χ0n) is 11.1. The first-order chi connectivity index (χ1) is 7.99. The Bertz CT molecular complexity index is 365. The summed E-state index contributed by atoms with van der Waals surface area (Å²) < 4.78 is 0. The van der Waals surface area contributed by atoms with Crippen LogP contribution >= 0.6 is 0 Å². The van der Waals surface area contributed by atoms with Crippen molar-refractivity contribution >= 4 is 5.91 Å². The van der Waals surface area contributed by atoms with Crippen LogP contribution < -0.4 is 11.1 Å². The lowest BCUT2D eigenvalue weighted by molar-refractivity contribution is 0.0894. The summed E-state index contributed by atoms with van der Waals surface area (Å²) in [5, 5.41) is 9.88. The van der Waals surface area contributed by atoms with Crippen molar-refractivity contribution in [2.24, 2.45) is 5.73 Å². The highest BCUT2D eigenvalue weighted by Gasteiger charge is 2.28. The Kier molecular flexibility index (Phi) is 4.28. The third-order valence-corrected chi connectivity index (χ3v) is 3.48. The second-order valence-electron chi connectivity index (χ2n) is 4.45. The van der Waals surface area contributed by atoms with Crippen molar-refractivity contribution in [3.05, 3.63) is 17.0 Å². The maximum atomic E-state index is 12.2. The predicted molar refractivity (Wildman–Crippen MR) is 67.9 cm³/mol. The number of nitrogens with zero attached hydrogens (tertiary/aromatic N) is 1. The van der Waals surface area contributed by atoms with Crippen molar-refractivity contribution in [1.29, 1.82) is 0 Å². The maximum absolute atomic E-state index is 12.2. The summed E-state index contributed by atoms with van der Waals surface area (Å²) in [5.74, 6) is -0.0945. The number of aromatic nitrogens is 2. The van der Waals surface area contributed by atoms with Gasteiger partial charge in [-0.15, -0.1) is 0 Å². The Morgan fingerprint density at radius 3 is 2.35 bits per heavy atom. The third-order valence-electron chi connectivity index (χ3n) is 3.48. The van der Waals surface area contributed by atoms with Gasteiger partial charge >= 0.3 is 0 Å². The topological polar surface area (TPSA) is 83.8 Å². The second kappa shape index (κ2) is 5.31. The van der Waals surface area contributed by atoms with E-state index in [9.17, 15) is 4.79 Å². The molecule has 96 valence electrons. The highest BCUT2D eigenvalue weighted by molar-refractivity contribution is 5.96. The van der Waals surface area contributed by atoms with Gasteiger partial charge in [0, 0.05) is 12.2 Å². The number of aryl methyl sites for hydroxylation is 2. The number of carbonyl (C=O) groups excluding carboxylic acids is 1. The molecule has 1 rings (SSSR count). The van der Waals surface area contributed by atoms with Gasteiger partial charge in [0.1, 0.15) is 0 Å². The molecule has 0 spiro atoms. The Hall–Kier alpha value is -1.36. The molecule has 1 heterocycles. The average Bonchev–Trinajstić information content (AvgIpc) is 2.66. The van der Waals surface area contributed by atoms with E-state index in [0.29, 0.717) is 12.1 Å². The first-order valence-corrected chi connectivity index (χ1v) is 6.03. The van der Waals surface area contributed by atoms with Crippen molar-refractivity contribution < 1.29 is 4.79 Å². The molecule has 0 saturated heterocycles. The van der Waals surface area contributed by atoms with Gasteiger partial charge in [0.25, 0.3) is 5.91 Å². The summed E-state index contributed by atoms with van der Waals surface area (Å²) in [6.45, 7) is 8.18. The first-order valence-electron chi connectivity index (χ1n) is 6.03. The number of nitrogens with two attached hydrogens (primary N) is 1. The third kappa shape index (κ3) is 2.66. The van der Waals surface area contributed by atoms with Crippen LogP contribution in [0.25, 0.3) is 0 Å². The van der Waals surface area contributed by atoms with Crippen LogP contribution in [-0.2, 0) is 0 Å². The second-order valence-corrected chi connectivity index (χ2v) is 4.45. The van der Waals surface area contributed by atoms with Gasteiger partial charge in [-0.1, -0.05) is 13.8 Å². The molecule has 1 aromatic rings. The molecular formula is C12H22N4O. The molecule has 5 heteroatoms. The lowest BCUT2D eigenvalue weighted by Gasteiger charge is -2.31. The van der Waals surface area contributed by atoms with Gasteiger partial charge in [0.05, 0.1) is 16.8 Å². The van der Waals surface area contributed by atoms with Gasteiger partial charge in [-0.3, -0.25) is 9.89 Å². The number of aromatic amines is 1. The van der Waals surface area contributed by atoms with E-state index in [0.717, 1.165) is 24.2 Å². The SMILES string of the molecule is CCC(CC)(CN)NC(=O)c1c(C)n[nH]c1C. The quantitative estimate of drug-likeness (QED) is 0.722. The highest BCUT2D eigenvalue weighted by atomic mass is 16.1. The van der Waals surface area contributed by atoms with E-state index in [4.69, 9.17) is 5.73 Å². The van der Waals surface area contributed by atoms with E-state index in [1.807, 2.05) is 27.7 Å². The van der Waals surface area contributed by atoms with Crippen LogP contribution in [0.4, 0.5) is 0 Å². The van der Waals surface area contributed by atoms with Crippen LogP contribution in [0, 0.1) is 13.8 Å². The van der Waals surface area contributed by atoms with Crippen LogP contribution in [0.1, 0.15) is 48.4 Å². The number of hydrogen-bond donors (Lipinski definition) is 3. The zero-order valence-corrected chi connectivity index (χ0v) is 11.1. The van der Waals surface area contributed by atoms with Gasteiger partial charge in [0.2, 0.25) is 0 Å². The highest BCUT2D eigenvalue weighted by Crippen LogP contribution is 2.16. The van der Waals surface area contributed by atoms with Gasteiger partial charge in [0.15, 0.2) is 0 Å². The molecule has 0 atom stereocenters. The minimum absolute atomic E-state index is 0.0945. The number of nitrogens with one attached hydrogen (secondary N) is 2. The van der Waals surface area contributed by atoms with Crippen LogP contribution in [0.3, 0.4) is 0 Å². The zero-order chi connectivity index (χ0) is 13.1. The molecular weight excluding hydrogens is 216 g/mol. The van der Waals surface area contributed by atoms with Crippen LogP contribution in [-0.4, -0.2) is 28.2 Å². The first kappa shape index (κ1) is 13.7. The number of H-pyrrole nitrogens is 1. The largest absolute Gasteiger partial charge is 0.345 e. The summed E-state index contributed by atoms with van der Waals surface area (Å²) in [6.07, 6.45) is 1.64. The molecule has 5 nitrogen and oxygen atoms in total. The fraction of sp³-hybridized carbons (Fsp3) is 0.667. The fourth-order valence-electron chi connectivity index (χ4n) is 1.96. The number of rotatable bonds is 5. The summed E-state index contributed by atoms with van der Waals surface area (Å²) in [4.78, 5) is 12.2. The molecule has 1 amide bonds. The lowest BCUT2D eigenvalue weighted by atomic mass is 9.92. The van der Waals surface area contributed by atoms with E-state index < -0.39 is 0 Å². The summed E-state index contributed by atoms with van der Waals surface area (Å²) in [7, 11) is 0. The number of amides is 1. The van der Waals surface area contributed by atoms with E-state index in [-0.39, 0.29) is 11.4 Å². The van der Waals surface area contributed by atoms with Gasteiger partial charge in [-0.2, -0.15) is 5.10 Å². The molecule has 4 N–H and O–H groups in total. The smallest absolute Gasteiger partial charge is 0.255 e. The Balaban J connectivity index is 2.92.